The van der Waals surface area contributed by atoms with Crippen molar-refractivity contribution < 1.29 is 8.42 Å². The molecule has 4 rings (SSSR count). The fourth-order valence-electron chi connectivity index (χ4n) is 3.17. The summed E-state index contributed by atoms with van der Waals surface area (Å²) in [6, 6.07) is 11.2. The number of pyridine rings is 1. The summed E-state index contributed by atoms with van der Waals surface area (Å²) < 4.78 is 31.8. The molecule has 7 nitrogen and oxygen atoms in total. The molecule has 144 valence electrons. The molecule has 0 aliphatic carbocycles. The van der Waals surface area contributed by atoms with Gasteiger partial charge in [-0.25, -0.2) is 9.97 Å². The summed E-state index contributed by atoms with van der Waals surface area (Å²) in [4.78, 5) is 8.84. The molecule has 3 aromatic heterocycles. The highest BCUT2D eigenvalue weighted by Gasteiger charge is 2.19. The maximum absolute atomic E-state index is 12.7. The van der Waals surface area contributed by atoms with Gasteiger partial charge >= 0.3 is 0 Å². The highest BCUT2D eigenvalue weighted by atomic mass is 32.2. The van der Waals surface area contributed by atoms with Crippen LogP contribution < -0.4 is 4.72 Å². The van der Waals surface area contributed by atoms with Gasteiger partial charge in [-0.1, -0.05) is 18.2 Å². The van der Waals surface area contributed by atoms with Gasteiger partial charge in [-0.3, -0.25) is 4.72 Å². The van der Waals surface area contributed by atoms with E-state index in [-0.39, 0.29) is 5.03 Å². The van der Waals surface area contributed by atoms with Crippen LogP contribution in [0.5, 0.6) is 0 Å². The van der Waals surface area contributed by atoms with Gasteiger partial charge < -0.3 is 8.97 Å². The van der Waals surface area contributed by atoms with Crippen LogP contribution in [0.4, 0.5) is 5.69 Å². The smallest absolute Gasteiger partial charge is 0.280 e. The van der Waals surface area contributed by atoms with Crippen LogP contribution in [-0.4, -0.2) is 27.4 Å². The van der Waals surface area contributed by atoms with Crippen molar-refractivity contribution in [2.24, 2.45) is 0 Å². The van der Waals surface area contributed by atoms with Crippen molar-refractivity contribution >= 4 is 21.4 Å². The van der Waals surface area contributed by atoms with Gasteiger partial charge in [0.15, 0.2) is 5.03 Å². The van der Waals surface area contributed by atoms with Crippen molar-refractivity contribution in [3.05, 3.63) is 66.4 Å². The third kappa shape index (κ3) is 3.27. The summed E-state index contributed by atoms with van der Waals surface area (Å²) in [7, 11) is -3.76. The maximum atomic E-state index is 12.7. The van der Waals surface area contributed by atoms with E-state index in [1.807, 2.05) is 48.8 Å². The average Bonchev–Trinajstić information content (AvgIpc) is 3.26. The normalized spacial score (nSPS) is 11.8. The van der Waals surface area contributed by atoms with E-state index in [0.717, 1.165) is 22.5 Å². The van der Waals surface area contributed by atoms with Crippen LogP contribution in [0.15, 0.2) is 60.0 Å². The van der Waals surface area contributed by atoms with Gasteiger partial charge in [0.25, 0.3) is 10.0 Å². The number of nitrogens with one attached hydrogen (secondary N) is 1. The molecule has 0 aliphatic rings. The first-order valence-corrected chi connectivity index (χ1v) is 10.5. The Morgan fingerprint density at radius 2 is 1.89 bits per heavy atom. The monoisotopic (exact) mass is 395 g/mol. The molecular formula is C20H21N5O2S. The molecule has 1 N–H and O–H groups in total. The lowest BCUT2D eigenvalue weighted by atomic mass is 10.1. The molecule has 28 heavy (non-hydrogen) atoms. The molecule has 0 saturated carbocycles. The van der Waals surface area contributed by atoms with Crippen LogP contribution >= 0.6 is 0 Å². The minimum atomic E-state index is -3.76. The summed E-state index contributed by atoms with van der Waals surface area (Å²) >= 11 is 0. The van der Waals surface area contributed by atoms with E-state index in [1.54, 1.807) is 35.9 Å². The summed E-state index contributed by atoms with van der Waals surface area (Å²) in [6.45, 7) is 6.40. The molecule has 4 aromatic rings. The largest absolute Gasteiger partial charge is 0.334 e. The molecule has 8 heteroatoms. The molecule has 3 heterocycles. The summed E-state index contributed by atoms with van der Waals surface area (Å²) in [5, 5.41) is 0.0145. The fraction of sp³-hybridized carbons (Fsp3) is 0.200. The van der Waals surface area contributed by atoms with E-state index in [1.165, 1.54) is 0 Å². The Labute approximate surface area is 163 Å². The van der Waals surface area contributed by atoms with Crippen molar-refractivity contribution in [3.63, 3.8) is 0 Å². The Balaban J connectivity index is 1.67. The lowest BCUT2D eigenvalue weighted by Crippen LogP contribution is -2.13. The van der Waals surface area contributed by atoms with E-state index in [9.17, 15) is 8.42 Å². The Hall–Kier alpha value is -3.13. The van der Waals surface area contributed by atoms with E-state index in [4.69, 9.17) is 0 Å². The zero-order chi connectivity index (χ0) is 19.9. The van der Waals surface area contributed by atoms with Crippen LogP contribution in [-0.2, 0) is 16.6 Å². The topological polar surface area (TPSA) is 81.3 Å². The van der Waals surface area contributed by atoms with Gasteiger partial charge in [-0.05, 0) is 44.5 Å². The quantitative estimate of drug-likeness (QED) is 0.559. The number of rotatable bonds is 5. The number of nitrogens with zero attached hydrogens (tertiary/aromatic N) is 4. The number of imidazole rings is 2. The van der Waals surface area contributed by atoms with E-state index in [2.05, 4.69) is 14.7 Å². The number of hydrogen-bond donors (Lipinski definition) is 1. The van der Waals surface area contributed by atoms with Crippen molar-refractivity contribution in [2.45, 2.75) is 32.3 Å². The number of benzene rings is 1. The van der Waals surface area contributed by atoms with Gasteiger partial charge in [0.2, 0.25) is 0 Å². The van der Waals surface area contributed by atoms with Crippen molar-refractivity contribution in [2.75, 3.05) is 4.72 Å². The lowest BCUT2D eigenvalue weighted by Gasteiger charge is -2.07. The van der Waals surface area contributed by atoms with E-state index in [0.29, 0.717) is 18.1 Å². The Bertz CT molecular complexity index is 1270. The Morgan fingerprint density at radius 3 is 2.61 bits per heavy atom. The molecule has 0 bridgehead atoms. The zero-order valence-corrected chi connectivity index (χ0v) is 16.7. The second kappa shape index (κ2) is 6.79. The van der Waals surface area contributed by atoms with Gasteiger partial charge in [-0.2, -0.15) is 8.42 Å². The Morgan fingerprint density at radius 1 is 1.07 bits per heavy atom. The van der Waals surface area contributed by atoms with Crippen LogP contribution in [0.3, 0.4) is 0 Å². The van der Waals surface area contributed by atoms with Crippen LogP contribution in [0.25, 0.3) is 16.9 Å². The van der Waals surface area contributed by atoms with Gasteiger partial charge in [0.05, 0.1) is 5.69 Å². The molecule has 0 unspecified atom stereocenters. The lowest BCUT2D eigenvalue weighted by molar-refractivity contribution is 0.598. The molecule has 0 aliphatic heterocycles. The number of aryl methyl sites for hydroxylation is 3. The fourth-order valence-corrected chi connectivity index (χ4v) is 4.23. The van der Waals surface area contributed by atoms with Crippen molar-refractivity contribution in [1.82, 2.24) is 18.9 Å². The minimum Gasteiger partial charge on any atom is -0.334 e. The van der Waals surface area contributed by atoms with Crippen LogP contribution in [0.1, 0.15) is 18.3 Å². The van der Waals surface area contributed by atoms with Gasteiger partial charge in [0, 0.05) is 36.4 Å². The average molecular weight is 395 g/mol. The third-order valence-corrected chi connectivity index (χ3v) is 5.91. The van der Waals surface area contributed by atoms with E-state index >= 15 is 0 Å². The SMILES string of the molecule is CCn1cc(S(=O)(=O)Nc2cccc(-c3cn4cccc(C)c4n3)c2)nc1C. The highest BCUT2D eigenvalue weighted by Crippen LogP contribution is 2.25. The minimum absolute atomic E-state index is 0.0145. The predicted molar refractivity (Wildman–Crippen MR) is 109 cm³/mol. The van der Waals surface area contributed by atoms with Crippen molar-refractivity contribution in [3.8, 4) is 11.3 Å². The van der Waals surface area contributed by atoms with Crippen molar-refractivity contribution in [1.29, 1.82) is 0 Å². The number of sulfonamides is 1. The highest BCUT2D eigenvalue weighted by molar-refractivity contribution is 7.92. The van der Waals surface area contributed by atoms with Gasteiger partial charge in [-0.15, -0.1) is 0 Å². The number of hydrogen-bond acceptors (Lipinski definition) is 4. The molecule has 0 saturated heterocycles. The number of anilines is 1. The molecule has 1 aromatic carbocycles. The first-order valence-electron chi connectivity index (χ1n) is 8.99. The summed E-state index contributed by atoms with van der Waals surface area (Å²) in [5.41, 5.74) is 4.03. The standard InChI is InChI=1S/C20H21N5O2S/c1-4-24-13-19(21-15(24)3)28(26,27)23-17-9-5-8-16(11-17)18-12-25-10-6-7-14(2)20(25)22-18/h5-13,23H,4H2,1-3H3. The Kier molecular flexibility index (Phi) is 4.43. The van der Waals surface area contributed by atoms with Gasteiger partial charge in [0.1, 0.15) is 11.5 Å². The molecule has 0 radical (unpaired) electrons. The number of fused-ring (bicyclic) bond motifs is 1. The second-order valence-corrected chi connectivity index (χ2v) is 8.28. The van der Waals surface area contributed by atoms with Crippen LogP contribution in [0.2, 0.25) is 0 Å². The predicted octanol–water partition coefficient (Wildman–Crippen LogP) is 3.64. The van der Waals surface area contributed by atoms with Crippen LogP contribution in [0, 0.1) is 13.8 Å². The second-order valence-electron chi connectivity index (χ2n) is 6.65. The first kappa shape index (κ1) is 18.2. The maximum Gasteiger partial charge on any atom is 0.280 e. The molecule has 0 atom stereocenters. The van der Waals surface area contributed by atoms with E-state index < -0.39 is 10.0 Å². The molecule has 0 spiro atoms. The molecule has 0 fully saturated rings. The molecule has 0 amide bonds. The first-order chi connectivity index (χ1) is 13.4. The summed E-state index contributed by atoms with van der Waals surface area (Å²) in [6.07, 6.45) is 5.42. The summed E-state index contributed by atoms with van der Waals surface area (Å²) in [5.74, 6) is 0.664. The number of aromatic nitrogens is 4. The molecular weight excluding hydrogens is 374 g/mol. The third-order valence-electron chi connectivity index (χ3n) is 4.66. The zero-order valence-electron chi connectivity index (χ0n) is 15.9.